The van der Waals surface area contributed by atoms with Crippen molar-refractivity contribution in [2.24, 2.45) is 0 Å². The number of rotatable bonds is 3. The standard InChI is InChI=1S/C23H17BrFN3O/c1-29-16-9-6-14(7-10-16)20-13-22(17-12-15(24)8-11-18(17)25)28-21-5-3-2-4-19(21)26-23(28)27-20/h2-13,22H,1H3,(H,26,27)/t22-/m0/s1. The van der Waals surface area contributed by atoms with Gasteiger partial charge in [-0.25, -0.2) is 9.37 Å². The van der Waals surface area contributed by atoms with E-state index in [9.17, 15) is 4.39 Å². The Morgan fingerprint density at radius 2 is 1.86 bits per heavy atom. The number of ether oxygens (including phenoxy) is 1. The lowest BCUT2D eigenvalue weighted by molar-refractivity contribution is 0.415. The number of methoxy groups -OCH3 is 1. The summed E-state index contributed by atoms with van der Waals surface area (Å²) in [6, 6.07) is 20.3. The normalized spacial score (nSPS) is 15.6. The van der Waals surface area contributed by atoms with E-state index in [1.165, 1.54) is 6.07 Å². The zero-order chi connectivity index (χ0) is 20.0. The molecule has 1 atom stereocenters. The summed E-state index contributed by atoms with van der Waals surface area (Å²) < 4.78 is 23.0. The molecule has 0 spiro atoms. The van der Waals surface area contributed by atoms with Crippen LogP contribution in [0.15, 0.2) is 77.3 Å². The van der Waals surface area contributed by atoms with E-state index >= 15 is 0 Å². The van der Waals surface area contributed by atoms with Gasteiger partial charge in [0.2, 0.25) is 5.95 Å². The van der Waals surface area contributed by atoms with Crippen LogP contribution in [0, 0.1) is 5.82 Å². The average Bonchev–Trinajstić information content (AvgIpc) is 3.13. The molecule has 1 N–H and O–H groups in total. The Morgan fingerprint density at radius 1 is 1.07 bits per heavy atom. The Balaban J connectivity index is 1.72. The van der Waals surface area contributed by atoms with Gasteiger partial charge in [-0.05, 0) is 66.2 Å². The number of benzene rings is 3. The average molecular weight is 450 g/mol. The van der Waals surface area contributed by atoms with Gasteiger partial charge in [0.25, 0.3) is 0 Å². The highest BCUT2D eigenvalue weighted by molar-refractivity contribution is 9.10. The molecule has 0 aliphatic carbocycles. The molecule has 0 saturated carbocycles. The maximum atomic E-state index is 14.9. The maximum absolute atomic E-state index is 14.9. The van der Waals surface area contributed by atoms with Crippen LogP contribution in [0.2, 0.25) is 0 Å². The second kappa shape index (κ2) is 7.04. The SMILES string of the molecule is COc1ccc(C2=C[C@@H](c3cc(Br)ccc3F)n3c(nc4ccccc43)N2)cc1. The van der Waals surface area contributed by atoms with Crippen molar-refractivity contribution in [1.82, 2.24) is 9.55 Å². The quantitative estimate of drug-likeness (QED) is 0.416. The van der Waals surface area contributed by atoms with Crippen molar-refractivity contribution < 1.29 is 9.13 Å². The van der Waals surface area contributed by atoms with E-state index in [1.807, 2.05) is 65.2 Å². The highest BCUT2D eigenvalue weighted by Crippen LogP contribution is 2.38. The molecule has 0 bridgehead atoms. The molecule has 6 heteroatoms. The highest BCUT2D eigenvalue weighted by Gasteiger charge is 2.27. The van der Waals surface area contributed by atoms with Crippen LogP contribution in [-0.2, 0) is 0 Å². The van der Waals surface area contributed by atoms with Gasteiger partial charge in [-0.1, -0.05) is 28.1 Å². The number of para-hydroxylation sites is 2. The first kappa shape index (κ1) is 17.9. The minimum Gasteiger partial charge on any atom is -0.497 e. The summed E-state index contributed by atoms with van der Waals surface area (Å²) in [5, 5.41) is 3.41. The van der Waals surface area contributed by atoms with Crippen LogP contribution in [-0.4, -0.2) is 16.7 Å². The van der Waals surface area contributed by atoms with Crippen LogP contribution >= 0.6 is 15.9 Å². The van der Waals surface area contributed by atoms with Gasteiger partial charge in [-0.15, -0.1) is 0 Å². The van der Waals surface area contributed by atoms with Crippen LogP contribution in [0.4, 0.5) is 10.3 Å². The van der Waals surface area contributed by atoms with Crippen LogP contribution in [0.3, 0.4) is 0 Å². The first-order chi connectivity index (χ1) is 14.1. The molecule has 1 aliphatic heterocycles. The van der Waals surface area contributed by atoms with Crippen molar-refractivity contribution in [2.45, 2.75) is 6.04 Å². The van der Waals surface area contributed by atoms with Crippen molar-refractivity contribution in [3.63, 3.8) is 0 Å². The molecular formula is C23H17BrFN3O. The number of imidazole rings is 1. The number of fused-ring (bicyclic) bond motifs is 3. The van der Waals surface area contributed by atoms with Gasteiger partial charge in [-0.2, -0.15) is 0 Å². The van der Waals surface area contributed by atoms with Crippen molar-refractivity contribution >= 4 is 38.6 Å². The maximum Gasteiger partial charge on any atom is 0.209 e. The van der Waals surface area contributed by atoms with Crippen molar-refractivity contribution in [2.75, 3.05) is 12.4 Å². The summed E-state index contributed by atoms with van der Waals surface area (Å²) in [6.07, 6.45) is 2.04. The third kappa shape index (κ3) is 3.09. The first-order valence-corrected chi connectivity index (χ1v) is 9.98. The predicted molar refractivity (Wildman–Crippen MR) is 117 cm³/mol. The lowest BCUT2D eigenvalue weighted by atomic mass is 10.0. The van der Waals surface area contributed by atoms with Crippen molar-refractivity contribution in [3.8, 4) is 5.75 Å². The molecule has 29 heavy (non-hydrogen) atoms. The fourth-order valence-corrected chi connectivity index (χ4v) is 4.10. The molecule has 1 aliphatic rings. The largest absolute Gasteiger partial charge is 0.497 e. The van der Waals surface area contributed by atoms with E-state index in [4.69, 9.17) is 9.72 Å². The smallest absolute Gasteiger partial charge is 0.209 e. The molecule has 0 amide bonds. The Hall–Kier alpha value is -3.12. The molecular weight excluding hydrogens is 433 g/mol. The van der Waals surface area contributed by atoms with E-state index in [1.54, 1.807) is 13.2 Å². The summed E-state index contributed by atoms with van der Waals surface area (Å²) in [5.41, 5.74) is 4.24. The first-order valence-electron chi connectivity index (χ1n) is 9.19. The van der Waals surface area contributed by atoms with Gasteiger partial charge < -0.3 is 10.1 Å². The Bertz CT molecular complexity index is 1250. The van der Waals surface area contributed by atoms with E-state index < -0.39 is 0 Å². The number of halogens is 2. The lowest BCUT2D eigenvalue weighted by Crippen LogP contribution is -2.20. The zero-order valence-electron chi connectivity index (χ0n) is 15.6. The molecule has 4 aromatic rings. The van der Waals surface area contributed by atoms with Crippen LogP contribution < -0.4 is 10.1 Å². The summed E-state index contributed by atoms with van der Waals surface area (Å²) in [5.74, 6) is 1.21. The molecule has 144 valence electrons. The number of nitrogens with zero attached hydrogens (tertiary/aromatic N) is 2. The van der Waals surface area contributed by atoms with E-state index in [2.05, 4.69) is 21.2 Å². The van der Waals surface area contributed by atoms with E-state index in [0.29, 0.717) is 11.5 Å². The van der Waals surface area contributed by atoms with Gasteiger partial charge in [-0.3, -0.25) is 4.57 Å². The summed E-state index contributed by atoms with van der Waals surface area (Å²) in [4.78, 5) is 4.74. The molecule has 0 fully saturated rings. The van der Waals surface area contributed by atoms with Crippen molar-refractivity contribution in [3.05, 3.63) is 94.2 Å². The molecule has 0 saturated heterocycles. The third-order valence-electron chi connectivity index (χ3n) is 5.12. The third-order valence-corrected chi connectivity index (χ3v) is 5.62. The van der Waals surface area contributed by atoms with Gasteiger partial charge in [0.1, 0.15) is 11.6 Å². The van der Waals surface area contributed by atoms with Crippen LogP contribution in [0.25, 0.3) is 16.7 Å². The Kier molecular flexibility index (Phi) is 4.36. The summed E-state index contributed by atoms with van der Waals surface area (Å²) in [7, 11) is 1.64. The monoisotopic (exact) mass is 449 g/mol. The second-order valence-electron chi connectivity index (χ2n) is 6.84. The van der Waals surface area contributed by atoms with Gasteiger partial charge >= 0.3 is 0 Å². The minimum atomic E-state index is -0.340. The fraction of sp³-hybridized carbons (Fsp3) is 0.0870. The molecule has 5 rings (SSSR count). The number of anilines is 1. The van der Waals surface area contributed by atoms with Crippen LogP contribution in [0.5, 0.6) is 5.75 Å². The van der Waals surface area contributed by atoms with Crippen molar-refractivity contribution in [1.29, 1.82) is 0 Å². The van der Waals surface area contributed by atoms with Crippen LogP contribution in [0.1, 0.15) is 17.2 Å². The second-order valence-corrected chi connectivity index (χ2v) is 7.75. The van der Waals surface area contributed by atoms with Gasteiger partial charge in [0.05, 0.1) is 24.2 Å². The van der Waals surface area contributed by atoms with Gasteiger partial charge in [0.15, 0.2) is 0 Å². The van der Waals surface area contributed by atoms with Gasteiger partial charge in [0, 0.05) is 15.7 Å². The fourth-order valence-electron chi connectivity index (χ4n) is 3.72. The summed E-state index contributed by atoms with van der Waals surface area (Å²) in [6.45, 7) is 0. The minimum absolute atomic E-state index is 0.255. The molecule has 2 heterocycles. The number of hydrogen-bond donors (Lipinski definition) is 1. The highest BCUT2D eigenvalue weighted by atomic mass is 79.9. The Labute approximate surface area is 175 Å². The summed E-state index contributed by atoms with van der Waals surface area (Å²) >= 11 is 3.48. The lowest BCUT2D eigenvalue weighted by Gasteiger charge is -2.27. The number of aromatic nitrogens is 2. The Morgan fingerprint density at radius 3 is 2.66 bits per heavy atom. The molecule has 0 unspecified atom stereocenters. The molecule has 0 radical (unpaired) electrons. The number of nitrogens with one attached hydrogen (secondary N) is 1. The molecule has 4 nitrogen and oxygen atoms in total. The van der Waals surface area contributed by atoms with E-state index in [0.717, 1.165) is 32.5 Å². The number of allylic oxidation sites excluding steroid dienone is 1. The topological polar surface area (TPSA) is 39.1 Å². The molecule has 3 aromatic carbocycles. The predicted octanol–water partition coefficient (Wildman–Crippen LogP) is 6.00. The molecule has 1 aromatic heterocycles. The zero-order valence-corrected chi connectivity index (χ0v) is 17.2. The van der Waals surface area contributed by atoms with E-state index in [-0.39, 0.29) is 11.9 Å². The number of hydrogen-bond acceptors (Lipinski definition) is 3.